The Morgan fingerprint density at radius 3 is 2.40 bits per heavy atom. The molecule has 1 aromatic carbocycles. The fraction of sp³-hybridized carbons (Fsp3) is 0.588. The van der Waals surface area contributed by atoms with Crippen LogP contribution in [0, 0.1) is 16.7 Å². The summed E-state index contributed by atoms with van der Waals surface area (Å²) in [5.41, 5.74) is 2.32. The van der Waals surface area contributed by atoms with Crippen LogP contribution in [0.25, 0.3) is 0 Å². The Labute approximate surface area is 122 Å². The van der Waals surface area contributed by atoms with Crippen molar-refractivity contribution in [1.29, 1.82) is 5.26 Å². The first-order valence-corrected chi connectivity index (χ1v) is 7.57. The average Bonchev–Trinajstić information content (AvgIpc) is 2.49. The molecule has 0 aromatic heterocycles. The van der Waals surface area contributed by atoms with Crippen LogP contribution in [0.15, 0.2) is 24.3 Å². The highest BCUT2D eigenvalue weighted by Gasteiger charge is 2.15. The maximum Gasteiger partial charge on any atom is 0.0697 e. The third-order valence-corrected chi connectivity index (χ3v) is 3.86. The van der Waals surface area contributed by atoms with Gasteiger partial charge >= 0.3 is 0 Å². The summed E-state index contributed by atoms with van der Waals surface area (Å²) in [7, 11) is 0. The van der Waals surface area contributed by atoms with Gasteiger partial charge < -0.3 is 10.2 Å². The Morgan fingerprint density at radius 2 is 1.80 bits per heavy atom. The number of rotatable bonds is 5. The Kier molecular flexibility index (Phi) is 5.03. The highest BCUT2D eigenvalue weighted by Crippen LogP contribution is 2.20. The molecule has 0 radical (unpaired) electrons. The normalized spacial score (nSPS) is 15.9. The van der Waals surface area contributed by atoms with Crippen LogP contribution < -0.4 is 10.2 Å². The summed E-state index contributed by atoms with van der Waals surface area (Å²) >= 11 is 0. The van der Waals surface area contributed by atoms with Gasteiger partial charge in [0.2, 0.25) is 0 Å². The predicted octanol–water partition coefficient (Wildman–Crippen LogP) is 3.32. The van der Waals surface area contributed by atoms with E-state index in [1.54, 1.807) is 0 Å². The second-order valence-electron chi connectivity index (χ2n) is 6.31. The van der Waals surface area contributed by atoms with Crippen molar-refractivity contribution in [1.82, 2.24) is 5.32 Å². The molecule has 0 saturated carbocycles. The summed E-state index contributed by atoms with van der Waals surface area (Å²) in [5, 5.41) is 12.3. The average molecular weight is 271 g/mol. The number of hydrogen-bond acceptors (Lipinski definition) is 3. The maximum atomic E-state index is 8.98. The first-order chi connectivity index (χ1) is 9.61. The number of nitriles is 1. The third kappa shape index (κ3) is 4.25. The molecule has 0 amide bonds. The minimum atomic E-state index is -0.298. The molecular weight excluding hydrogens is 246 g/mol. The van der Waals surface area contributed by atoms with Crippen molar-refractivity contribution in [2.24, 2.45) is 5.41 Å². The van der Waals surface area contributed by atoms with E-state index in [4.69, 9.17) is 5.26 Å². The zero-order chi connectivity index (χ0) is 14.4. The van der Waals surface area contributed by atoms with Crippen LogP contribution >= 0.6 is 0 Å². The molecule has 3 heteroatoms. The second-order valence-corrected chi connectivity index (χ2v) is 6.31. The van der Waals surface area contributed by atoms with Crippen LogP contribution in [0.5, 0.6) is 0 Å². The van der Waals surface area contributed by atoms with Gasteiger partial charge in [-0.1, -0.05) is 12.1 Å². The van der Waals surface area contributed by atoms with E-state index in [0.29, 0.717) is 0 Å². The Hall–Kier alpha value is -1.53. The minimum absolute atomic E-state index is 0.298. The van der Waals surface area contributed by atoms with Gasteiger partial charge in [-0.3, -0.25) is 0 Å². The van der Waals surface area contributed by atoms with E-state index >= 15 is 0 Å². The van der Waals surface area contributed by atoms with Crippen molar-refractivity contribution in [3.8, 4) is 6.07 Å². The lowest BCUT2D eigenvalue weighted by atomic mass is 9.96. The van der Waals surface area contributed by atoms with Gasteiger partial charge in [0.05, 0.1) is 11.5 Å². The number of nitrogens with zero attached hydrogens (tertiary/aromatic N) is 2. The minimum Gasteiger partial charge on any atom is -0.372 e. The van der Waals surface area contributed by atoms with E-state index < -0.39 is 0 Å². The molecule has 1 aliphatic heterocycles. The Balaban J connectivity index is 1.84. The Bertz CT molecular complexity index is 450. The second kappa shape index (κ2) is 6.76. The molecule has 3 nitrogen and oxygen atoms in total. The molecule has 1 N–H and O–H groups in total. The highest BCUT2D eigenvalue weighted by molar-refractivity contribution is 5.47. The zero-order valence-corrected chi connectivity index (χ0v) is 12.7. The molecule has 1 fully saturated rings. The Morgan fingerprint density at radius 1 is 1.15 bits per heavy atom. The summed E-state index contributed by atoms with van der Waals surface area (Å²) < 4.78 is 0. The fourth-order valence-electron chi connectivity index (χ4n) is 2.54. The van der Waals surface area contributed by atoms with E-state index in [1.807, 2.05) is 13.8 Å². The number of nitrogens with one attached hydrogen (secondary N) is 1. The zero-order valence-electron chi connectivity index (χ0n) is 12.7. The van der Waals surface area contributed by atoms with Crippen LogP contribution in [0.1, 0.15) is 38.7 Å². The van der Waals surface area contributed by atoms with Crippen LogP contribution in [0.2, 0.25) is 0 Å². The number of benzene rings is 1. The van der Waals surface area contributed by atoms with E-state index in [-0.39, 0.29) is 5.41 Å². The van der Waals surface area contributed by atoms with Gasteiger partial charge in [-0.25, -0.2) is 0 Å². The lowest BCUT2D eigenvalue weighted by Gasteiger charge is -2.28. The third-order valence-electron chi connectivity index (χ3n) is 3.86. The molecule has 1 saturated heterocycles. The monoisotopic (exact) mass is 271 g/mol. The van der Waals surface area contributed by atoms with Crippen LogP contribution in [-0.4, -0.2) is 19.6 Å². The van der Waals surface area contributed by atoms with Crippen molar-refractivity contribution >= 4 is 5.69 Å². The van der Waals surface area contributed by atoms with Gasteiger partial charge in [0, 0.05) is 31.9 Å². The number of piperidine rings is 1. The first-order valence-electron chi connectivity index (χ1n) is 7.57. The van der Waals surface area contributed by atoms with Crippen LogP contribution in [-0.2, 0) is 6.54 Å². The molecule has 1 heterocycles. The quantitative estimate of drug-likeness (QED) is 0.893. The molecule has 108 valence electrons. The van der Waals surface area contributed by atoms with Gasteiger partial charge in [0.1, 0.15) is 0 Å². The topological polar surface area (TPSA) is 39.1 Å². The highest BCUT2D eigenvalue weighted by atomic mass is 15.1. The summed E-state index contributed by atoms with van der Waals surface area (Å²) in [6.07, 6.45) is 3.99. The fourth-order valence-corrected chi connectivity index (χ4v) is 2.54. The van der Waals surface area contributed by atoms with Gasteiger partial charge in [-0.15, -0.1) is 0 Å². The van der Waals surface area contributed by atoms with Gasteiger partial charge in [-0.05, 0) is 50.8 Å². The molecule has 0 unspecified atom stereocenters. The molecule has 0 atom stereocenters. The summed E-state index contributed by atoms with van der Waals surface area (Å²) in [6.45, 7) is 7.84. The molecular formula is C17H25N3. The summed E-state index contributed by atoms with van der Waals surface area (Å²) in [4.78, 5) is 2.47. The molecule has 1 aliphatic rings. The SMILES string of the molecule is CC(C)(C#N)CNCc1ccc(N2CCCCC2)cc1. The molecule has 0 aliphatic carbocycles. The van der Waals surface area contributed by atoms with Gasteiger partial charge in [0.25, 0.3) is 0 Å². The van der Waals surface area contributed by atoms with Crippen molar-refractivity contribution in [3.05, 3.63) is 29.8 Å². The van der Waals surface area contributed by atoms with E-state index in [2.05, 4.69) is 40.6 Å². The van der Waals surface area contributed by atoms with E-state index in [0.717, 1.165) is 13.1 Å². The maximum absolute atomic E-state index is 8.98. The molecule has 0 spiro atoms. The lowest BCUT2D eigenvalue weighted by Crippen LogP contribution is -2.29. The van der Waals surface area contributed by atoms with Crippen LogP contribution in [0.4, 0.5) is 5.69 Å². The van der Waals surface area contributed by atoms with E-state index in [9.17, 15) is 0 Å². The van der Waals surface area contributed by atoms with Crippen LogP contribution in [0.3, 0.4) is 0 Å². The van der Waals surface area contributed by atoms with Crippen molar-refractivity contribution in [2.45, 2.75) is 39.7 Å². The van der Waals surface area contributed by atoms with Crippen molar-refractivity contribution < 1.29 is 0 Å². The summed E-state index contributed by atoms with van der Waals surface area (Å²) in [5.74, 6) is 0. The summed E-state index contributed by atoms with van der Waals surface area (Å²) in [6, 6.07) is 11.1. The number of hydrogen-bond donors (Lipinski definition) is 1. The van der Waals surface area contributed by atoms with Crippen molar-refractivity contribution in [3.63, 3.8) is 0 Å². The smallest absolute Gasteiger partial charge is 0.0697 e. The molecule has 20 heavy (non-hydrogen) atoms. The first kappa shape index (κ1) is 14.9. The standard InChI is InChI=1S/C17H25N3/c1-17(2,13-18)14-19-12-15-6-8-16(9-7-15)20-10-4-3-5-11-20/h6-9,19H,3-5,10-12,14H2,1-2H3. The van der Waals surface area contributed by atoms with Gasteiger partial charge in [-0.2, -0.15) is 5.26 Å². The van der Waals surface area contributed by atoms with Crippen molar-refractivity contribution in [2.75, 3.05) is 24.5 Å². The lowest BCUT2D eigenvalue weighted by molar-refractivity contribution is 0.445. The molecule has 1 aromatic rings. The van der Waals surface area contributed by atoms with Gasteiger partial charge in [0.15, 0.2) is 0 Å². The predicted molar refractivity (Wildman–Crippen MR) is 83.6 cm³/mol. The molecule has 2 rings (SSSR count). The largest absolute Gasteiger partial charge is 0.372 e. The number of anilines is 1. The molecule has 0 bridgehead atoms. The van der Waals surface area contributed by atoms with E-state index in [1.165, 1.54) is 43.6 Å².